The molecule has 0 aromatic heterocycles. The van der Waals surface area contributed by atoms with Crippen molar-refractivity contribution < 1.29 is 5.11 Å². The average molecular weight is 233 g/mol. The van der Waals surface area contributed by atoms with Gasteiger partial charge in [0.25, 0.3) is 0 Å². The summed E-state index contributed by atoms with van der Waals surface area (Å²) in [6, 6.07) is 8.83. The molecule has 1 aromatic rings. The van der Waals surface area contributed by atoms with E-state index < -0.39 is 0 Å². The van der Waals surface area contributed by atoms with Crippen LogP contribution in [0.3, 0.4) is 0 Å². The van der Waals surface area contributed by atoms with E-state index in [0.29, 0.717) is 6.04 Å². The van der Waals surface area contributed by atoms with E-state index in [-0.39, 0.29) is 12.0 Å². The van der Waals surface area contributed by atoms with Gasteiger partial charge in [0.2, 0.25) is 0 Å². The fourth-order valence-electron chi connectivity index (χ4n) is 2.63. The Morgan fingerprint density at radius 2 is 2.06 bits per heavy atom. The van der Waals surface area contributed by atoms with Crippen LogP contribution in [-0.2, 0) is 6.42 Å². The average Bonchev–Trinajstić information content (AvgIpc) is 2.91. The minimum absolute atomic E-state index is 0.282. The summed E-state index contributed by atoms with van der Waals surface area (Å²) >= 11 is 0. The summed E-state index contributed by atoms with van der Waals surface area (Å²) in [5.41, 5.74) is 2.37. The third kappa shape index (κ3) is 2.88. The lowest BCUT2D eigenvalue weighted by molar-refractivity contribution is 0.0983. The molecule has 94 valence electrons. The Kier molecular flexibility index (Phi) is 4.19. The minimum atomic E-state index is -0.350. The van der Waals surface area contributed by atoms with Crippen molar-refractivity contribution >= 4 is 0 Å². The van der Waals surface area contributed by atoms with Gasteiger partial charge in [-0.05, 0) is 36.9 Å². The predicted octanol–water partition coefficient (Wildman–Crippen LogP) is 2.67. The molecular formula is C15H23NO. The van der Waals surface area contributed by atoms with Gasteiger partial charge in [-0.2, -0.15) is 0 Å². The molecule has 1 saturated heterocycles. The van der Waals surface area contributed by atoms with Gasteiger partial charge in [-0.25, -0.2) is 0 Å². The summed E-state index contributed by atoms with van der Waals surface area (Å²) in [5.74, 6) is 0.282. The minimum Gasteiger partial charge on any atom is -0.388 e. The van der Waals surface area contributed by atoms with Gasteiger partial charge in [0, 0.05) is 12.0 Å². The molecule has 1 aliphatic rings. The van der Waals surface area contributed by atoms with Gasteiger partial charge in [-0.15, -0.1) is 0 Å². The summed E-state index contributed by atoms with van der Waals surface area (Å²) in [7, 11) is 0. The Labute approximate surface area is 104 Å². The molecule has 2 N–H and O–H groups in total. The molecule has 0 spiro atoms. The van der Waals surface area contributed by atoms with Crippen LogP contribution in [0.4, 0.5) is 0 Å². The molecule has 0 amide bonds. The van der Waals surface area contributed by atoms with Crippen LogP contribution in [0, 0.1) is 5.92 Å². The number of hydrogen-bond donors (Lipinski definition) is 2. The van der Waals surface area contributed by atoms with Crippen molar-refractivity contribution in [2.45, 2.75) is 45.3 Å². The third-order valence-corrected chi connectivity index (χ3v) is 3.96. The SMILES string of the molecule is CCc1ccc(C(O)C(C)C2CCCN2)cc1. The van der Waals surface area contributed by atoms with Gasteiger partial charge in [0.15, 0.2) is 0 Å². The van der Waals surface area contributed by atoms with Crippen molar-refractivity contribution in [1.82, 2.24) is 5.32 Å². The first kappa shape index (κ1) is 12.6. The molecule has 0 radical (unpaired) electrons. The molecule has 3 atom stereocenters. The number of aliphatic hydroxyl groups is 1. The standard InChI is InChI=1S/C15H23NO/c1-3-12-6-8-13(9-7-12)15(17)11(2)14-5-4-10-16-14/h6-9,11,14-17H,3-5,10H2,1-2H3. The molecule has 1 fully saturated rings. The van der Waals surface area contributed by atoms with Crippen LogP contribution in [0.5, 0.6) is 0 Å². The maximum Gasteiger partial charge on any atom is 0.0830 e. The highest BCUT2D eigenvalue weighted by atomic mass is 16.3. The van der Waals surface area contributed by atoms with E-state index in [1.165, 1.54) is 18.4 Å². The lowest BCUT2D eigenvalue weighted by atomic mass is 9.89. The quantitative estimate of drug-likeness (QED) is 0.838. The lowest BCUT2D eigenvalue weighted by Crippen LogP contribution is -2.32. The summed E-state index contributed by atoms with van der Waals surface area (Å²) in [6.45, 7) is 5.38. The van der Waals surface area contributed by atoms with Crippen molar-refractivity contribution in [3.8, 4) is 0 Å². The maximum atomic E-state index is 10.4. The highest BCUT2D eigenvalue weighted by Gasteiger charge is 2.27. The molecule has 2 nitrogen and oxygen atoms in total. The number of nitrogens with one attached hydrogen (secondary N) is 1. The van der Waals surface area contributed by atoms with Crippen molar-refractivity contribution in [2.24, 2.45) is 5.92 Å². The second-order valence-corrected chi connectivity index (χ2v) is 5.10. The summed E-state index contributed by atoms with van der Waals surface area (Å²) in [4.78, 5) is 0. The molecule has 1 heterocycles. The Morgan fingerprint density at radius 3 is 2.59 bits per heavy atom. The van der Waals surface area contributed by atoms with Crippen LogP contribution in [-0.4, -0.2) is 17.7 Å². The Bertz CT molecular complexity index is 340. The topological polar surface area (TPSA) is 32.3 Å². The van der Waals surface area contributed by atoms with E-state index in [1.54, 1.807) is 0 Å². The van der Waals surface area contributed by atoms with Crippen LogP contribution in [0.15, 0.2) is 24.3 Å². The van der Waals surface area contributed by atoms with Gasteiger partial charge in [-0.3, -0.25) is 0 Å². The monoisotopic (exact) mass is 233 g/mol. The van der Waals surface area contributed by atoms with Gasteiger partial charge in [0.1, 0.15) is 0 Å². The number of aliphatic hydroxyl groups excluding tert-OH is 1. The van der Waals surface area contributed by atoms with E-state index in [2.05, 4.69) is 43.4 Å². The van der Waals surface area contributed by atoms with Crippen LogP contribution < -0.4 is 5.32 Å². The number of benzene rings is 1. The Balaban J connectivity index is 2.04. The van der Waals surface area contributed by atoms with Crippen LogP contribution in [0.1, 0.15) is 43.9 Å². The second-order valence-electron chi connectivity index (χ2n) is 5.10. The largest absolute Gasteiger partial charge is 0.388 e. The van der Waals surface area contributed by atoms with E-state index in [1.807, 2.05) is 0 Å². The fraction of sp³-hybridized carbons (Fsp3) is 0.600. The van der Waals surface area contributed by atoms with E-state index >= 15 is 0 Å². The van der Waals surface area contributed by atoms with Crippen LogP contribution in [0.2, 0.25) is 0 Å². The molecule has 1 aliphatic heterocycles. The zero-order valence-corrected chi connectivity index (χ0v) is 10.8. The van der Waals surface area contributed by atoms with Crippen molar-refractivity contribution in [3.63, 3.8) is 0 Å². The number of aryl methyl sites for hydroxylation is 1. The van der Waals surface area contributed by atoms with Crippen molar-refractivity contribution in [1.29, 1.82) is 0 Å². The second kappa shape index (κ2) is 5.65. The molecule has 17 heavy (non-hydrogen) atoms. The predicted molar refractivity (Wildman–Crippen MR) is 71.0 cm³/mol. The van der Waals surface area contributed by atoms with E-state index in [4.69, 9.17) is 0 Å². The summed E-state index contributed by atoms with van der Waals surface area (Å²) in [5, 5.41) is 13.8. The smallest absolute Gasteiger partial charge is 0.0830 e. The number of hydrogen-bond acceptors (Lipinski definition) is 2. The van der Waals surface area contributed by atoms with Crippen molar-refractivity contribution in [3.05, 3.63) is 35.4 Å². The van der Waals surface area contributed by atoms with Gasteiger partial charge in [0.05, 0.1) is 6.10 Å². The third-order valence-electron chi connectivity index (χ3n) is 3.96. The van der Waals surface area contributed by atoms with Gasteiger partial charge >= 0.3 is 0 Å². The first-order valence-electron chi connectivity index (χ1n) is 6.72. The summed E-state index contributed by atoms with van der Waals surface area (Å²) in [6.07, 6.45) is 3.12. The zero-order chi connectivity index (χ0) is 12.3. The van der Waals surface area contributed by atoms with Crippen LogP contribution >= 0.6 is 0 Å². The zero-order valence-electron chi connectivity index (χ0n) is 10.8. The normalized spacial score (nSPS) is 23.6. The molecule has 0 saturated carbocycles. The lowest BCUT2D eigenvalue weighted by Gasteiger charge is -2.25. The van der Waals surface area contributed by atoms with Gasteiger partial charge < -0.3 is 10.4 Å². The summed E-state index contributed by atoms with van der Waals surface area (Å²) < 4.78 is 0. The van der Waals surface area contributed by atoms with Crippen molar-refractivity contribution in [2.75, 3.05) is 6.54 Å². The molecular weight excluding hydrogens is 210 g/mol. The Morgan fingerprint density at radius 1 is 1.35 bits per heavy atom. The fourth-order valence-corrected chi connectivity index (χ4v) is 2.63. The molecule has 3 unspecified atom stereocenters. The molecule has 0 aliphatic carbocycles. The number of rotatable bonds is 4. The molecule has 2 rings (SSSR count). The molecule has 1 aromatic carbocycles. The highest BCUT2D eigenvalue weighted by molar-refractivity contribution is 5.24. The highest BCUT2D eigenvalue weighted by Crippen LogP contribution is 2.28. The van der Waals surface area contributed by atoms with E-state index in [9.17, 15) is 5.11 Å². The van der Waals surface area contributed by atoms with E-state index in [0.717, 1.165) is 18.5 Å². The molecule has 0 bridgehead atoms. The Hall–Kier alpha value is -0.860. The first-order valence-corrected chi connectivity index (χ1v) is 6.72. The maximum absolute atomic E-state index is 10.4. The molecule has 2 heteroatoms. The first-order chi connectivity index (χ1) is 8.22. The van der Waals surface area contributed by atoms with Gasteiger partial charge in [-0.1, -0.05) is 38.1 Å². The van der Waals surface area contributed by atoms with Crippen LogP contribution in [0.25, 0.3) is 0 Å².